The Morgan fingerprint density at radius 1 is 1.55 bits per heavy atom. The van der Waals surface area contributed by atoms with Crippen LogP contribution in [0.3, 0.4) is 0 Å². The number of pyridine rings is 1. The van der Waals surface area contributed by atoms with Crippen molar-refractivity contribution in [3.8, 4) is 6.07 Å². The lowest BCUT2D eigenvalue weighted by atomic mass is 9.98. The largest absolute Gasteiger partial charge is 0.390 e. The number of aliphatic hydroxyl groups is 1. The van der Waals surface area contributed by atoms with Crippen LogP contribution in [0, 0.1) is 21.4 Å². The van der Waals surface area contributed by atoms with E-state index in [2.05, 4.69) is 4.98 Å². The monoisotopic (exact) mass is 276 g/mol. The number of hydrogen-bond acceptors (Lipinski definition) is 6. The standard InChI is InChI=1S/C13H16N4O3/c1-13(18)4-2-7-16(8-5-13)12-11(17(19)20)10(9-14)3-6-15-12/h3,6,18H,2,4-5,7-8H2,1H3. The molecule has 106 valence electrons. The van der Waals surface area contributed by atoms with Crippen LogP contribution in [0.4, 0.5) is 11.5 Å². The highest BCUT2D eigenvalue weighted by Gasteiger charge is 2.30. The van der Waals surface area contributed by atoms with Crippen molar-refractivity contribution in [2.24, 2.45) is 0 Å². The maximum absolute atomic E-state index is 11.2. The SMILES string of the molecule is CC1(O)CCCN(c2nccc(C#N)c2[N+](=O)[O-])CC1. The van der Waals surface area contributed by atoms with E-state index in [9.17, 15) is 15.2 Å². The molecule has 1 aliphatic heterocycles. The number of nitro groups is 1. The second-order valence-corrected chi connectivity index (χ2v) is 5.24. The van der Waals surface area contributed by atoms with E-state index in [-0.39, 0.29) is 17.1 Å². The lowest BCUT2D eigenvalue weighted by molar-refractivity contribution is -0.384. The molecule has 0 aromatic carbocycles. The highest BCUT2D eigenvalue weighted by molar-refractivity contribution is 5.65. The number of nitrogens with zero attached hydrogens (tertiary/aromatic N) is 4. The van der Waals surface area contributed by atoms with Crippen molar-refractivity contribution in [1.29, 1.82) is 5.26 Å². The summed E-state index contributed by atoms with van der Waals surface area (Å²) in [4.78, 5) is 16.5. The zero-order chi connectivity index (χ0) is 14.8. The Morgan fingerprint density at radius 3 is 2.95 bits per heavy atom. The minimum Gasteiger partial charge on any atom is -0.390 e. The van der Waals surface area contributed by atoms with Crippen LogP contribution < -0.4 is 4.90 Å². The third-order valence-corrected chi connectivity index (χ3v) is 3.57. The highest BCUT2D eigenvalue weighted by atomic mass is 16.6. The van der Waals surface area contributed by atoms with E-state index in [0.29, 0.717) is 25.9 Å². The van der Waals surface area contributed by atoms with Gasteiger partial charge in [-0.15, -0.1) is 0 Å². The predicted molar refractivity (Wildman–Crippen MR) is 72.3 cm³/mol. The molecule has 1 unspecified atom stereocenters. The Kier molecular flexibility index (Phi) is 3.86. The van der Waals surface area contributed by atoms with Gasteiger partial charge in [-0.3, -0.25) is 10.1 Å². The third kappa shape index (κ3) is 2.86. The Morgan fingerprint density at radius 2 is 2.30 bits per heavy atom. The van der Waals surface area contributed by atoms with Crippen molar-refractivity contribution < 1.29 is 10.0 Å². The highest BCUT2D eigenvalue weighted by Crippen LogP contribution is 2.32. The molecule has 0 amide bonds. The van der Waals surface area contributed by atoms with E-state index in [1.807, 2.05) is 6.07 Å². The Bertz CT molecular complexity index is 565. The first kappa shape index (κ1) is 14.2. The summed E-state index contributed by atoms with van der Waals surface area (Å²) in [6.07, 6.45) is 3.30. The summed E-state index contributed by atoms with van der Waals surface area (Å²) in [7, 11) is 0. The molecule has 0 bridgehead atoms. The van der Waals surface area contributed by atoms with Crippen molar-refractivity contribution >= 4 is 11.5 Å². The molecule has 1 fully saturated rings. The molecule has 7 heteroatoms. The summed E-state index contributed by atoms with van der Waals surface area (Å²) < 4.78 is 0. The van der Waals surface area contributed by atoms with Gasteiger partial charge >= 0.3 is 5.69 Å². The van der Waals surface area contributed by atoms with Gasteiger partial charge in [-0.1, -0.05) is 0 Å². The number of anilines is 1. The fourth-order valence-electron chi connectivity index (χ4n) is 2.42. The zero-order valence-electron chi connectivity index (χ0n) is 11.2. The maximum atomic E-state index is 11.2. The van der Waals surface area contributed by atoms with Crippen molar-refractivity contribution in [3.05, 3.63) is 27.9 Å². The summed E-state index contributed by atoms with van der Waals surface area (Å²) in [5.74, 6) is 0.215. The van der Waals surface area contributed by atoms with Gasteiger partial charge in [-0.05, 0) is 32.3 Å². The van der Waals surface area contributed by atoms with Gasteiger partial charge in [0.05, 0.1) is 10.5 Å². The van der Waals surface area contributed by atoms with E-state index in [0.717, 1.165) is 6.42 Å². The van der Waals surface area contributed by atoms with Crippen LogP contribution in [-0.2, 0) is 0 Å². The van der Waals surface area contributed by atoms with Crippen LogP contribution >= 0.6 is 0 Å². The molecular weight excluding hydrogens is 260 g/mol. The Labute approximate surface area is 116 Å². The van der Waals surface area contributed by atoms with Crippen LogP contribution in [-0.4, -0.2) is 33.7 Å². The topological polar surface area (TPSA) is 103 Å². The molecule has 1 N–H and O–H groups in total. The van der Waals surface area contributed by atoms with Crippen molar-refractivity contribution in [2.75, 3.05) is 18.0 Å². The molecule has 1 aromatic heterocycles. The minimum atomic E-state index is -0.754. The first-order valence-electron chi connectivity index (χ1n) is 6.45. The van der Waals surface area contributed by atoms with Crippen molar-refractivity contribution in [3.63, 3.8) is 0 Å². The normalized spacial score (nSPS) is 22.9. The van der Waals surface area contributed by atoms with Crippen LogP contribution in [0.5, 0.6) is 0 Å². The van der Waals surface area contributed by atoms with Gasteiger partial charge in [0.2, 0.25) is 5.82 Å². The number of aromatic nitrogens is 1. The summed E-state index contributed by atoms with van der Waals surface area (Å²) in [6, 6.07) is 3.17. The molecule has 0 radical (unpaired) electrons. The molecule has 1 atom stereocenters. The molecule has 0 spiro atoms. The van der Waals surface area contributed by atoms with Gasteiger partial charge in [0.1, 0.15) is 11.6 Å². The summed E-state index contributed by atoms with van der Waals surface area (Å²) >= 11 is 0. The van der Waals surface area contributed by atoms with Gasteiger partial charge in [0.25, 0.3) is 0 Å². The van der Waals surface area contributed by atoms with Gasteiger partial charge < -0.3 is 10.0 Å². The van der Waals surface area contributed by atoms with Crippen molar-refractivity contribution in [2.45, 2.75) is 31.8 Å². The van der Waals surface area contributed by atoms with E-state index in [4.69, 9.17) is 5.26 Å². The first-order valence-corrected chi connectivity index (χ1v) is 6.45. The molecule has 0 saturated carbocycles. The molecule has 2 heterocycles. The van der Waals surface area contributed by atoms with Gasteiger partial charge in [0.15, 0.2) is 0 Å². The summed E-state index contributed by atoms with van der Waals surface area (Å²) in [5.41, 5.74) is -0.997. The van der Waals surface area contributed by atoms with E-state index in [1.54, 1.807) is 11.8 Å². The smallest absolute Gasteiger partial charge is 0.329 e. The molecule has 7 nitrogen and oxygen atoms in total. The second kappa shape index (κ2) is 5.43. The maximum Gasteiger partial charge on any atom is 0.329 e. The van der Waals surface area contributed by atoms with E-state index in [1.165, 1.54) is 12.3 Å². The average molecular weight is 276 g/mol. The summed E-state index contributed by atoms with van der Waals surface area (Å²) in [6.45, 7) is 2.83. The molecule has 20 heavy (non-hydrogen) atoms. The fraction of sp³-hybridized carbons (Fsp3) is 0.538. The lowest BCUT2D eigenvalue weighted by Gasteiger charge is -2.23. The molecule has 1 saturated heterocycles. The second-order valence-electron chi connectivity index (χ2n) is 5.24. The van der Waals surface area contributed by atoms with Gasteiger partial charge in [0, 0.05) is 19.3 Å². The van der Waals surface area contributed by atoms with Crippen LogP contribution in [0.2, 0.25) is 0 Å². The molecule has 1 aromatic rings. The van der Waals surface area contributed by atoms with Crippen LogP contribution in [0.15, 0.2) is 12.3 Å². The van der Waals surface area contributed by atoms with E-state index >= 15 is 0 Å². The molecule has 1 aliphatic rings. The minimum absolute atomic E-state index is 0.0102. The zero-order valence-corrected chi connectivity index (χ0v) is 11.2. The van der Waals surface area contributed by atoms with E-state index < -0.39 is 10.5 Å². The number of nitriles is 1. The average Bonchev–Trinajstić information content (AvgIpc) is 2.58. The number of hydrogen-bond donors (Lipinski definition) is 1. The first-order chi connectivity index (χ1) is 9.44. The van der Waals surface area contributed by atoms with Gasteiger partial charge in [-0.25, -0.2) is 4.98 Å². The number of rotatable bonds is 2. The predicted octanol–water partition coefficient (Wildman–Crippen LogP) is 1.60. The van der Waals surface area contributed by atoms with Gasteiger partial charge in [-0.2, -0.15) is 5.26 Å². The fourth-order valence-corrected chi connectivity index (χ4v) is 2.42. The Balaban J connectivity index is 2.38. The Hall–Kier alpha value is -2.20. The lowest BCUT2D eigenvalue weighted by Crippen LogP contribution is -2.29. The molecule has 0 aliphatic carbocycles. The van der Waals surface area contributed by atoms with Crippen LogP contribution in [0.1, 0.15) is 31.7 Å². The van der Waals surface area contributed by atoms with Crippen molar-refractivity contribution in [1.82, 2.24) is 4.98 Å². The molecule has 2 rings (SSSR count). The third-order valence-electron chi connectivity index (χ3n) is 3.57. The van der Waals surface area contributed by atoms with Crippen LogP contribution in [0.25, 0.3) is 0 Å². The summed E-state index contributed by atoms with van der Waals surface area (Å²) in [5, 5.41) is 30.2. The molecular formula is C13H16N4O3. The quantitative estimate of drug-likeness (QED) is 0.650.